The average molecular weight is 284 g/mol. The van der Waals surface area contributed by atoms with Gasteiger partial charge in [0, 0.05) is 5.54 Å². The monoisotopic (exact) mass is 284 g/mol. The van der Waals surface area contributed by atoms with Crippen molar-refractivity contribution in [2.75, 3.05) is 20.4 Å². The Morgan fingerprint density at radius 2 is 1.80 bits per heavy atom. The smallest absolute Gasteiger partial charge is 0.410 e. The Morgan fingerprint density at radius 1 is 1.20 bits per heavy atom. The Bertz CT molecular complexity index is 383. The molecule has 6 heteroatoms. The second-order valence-electron chi connectivity index (χ2n) is 5.73. The number of amides is 1. The molecule has 0 unspecified atom stereocenters. The van der Waals surface area contributed by atoms with Gasteiger partial charge in [0.05, 0.1) is 12.0 Å². The molecule has 0 heterocycles. The maximum Gasteiger partial charge on any atom is 0.410 e. The first-order chi connectivity index (χ1) is 9.14. The number of carbonyl (C=O) groups is 2. The van der Waals surface area contributed by atoms with Crippen LogP contribution >= 0.6 is 0 Å². The molecule has 6 nitrogen and oxygen atoms in total. The fourth-order valence-electron chi connectivity index (χ4n) is 1.77. The molecule has 20 heavy (non-hydrogen) atoms. The summed E-state index contributed by atoms with van der Waals surface area (Å²) in [4.78, 5) is 23.0. The second kappa shape index (κ2) is 7.75. The molecule has 0 radical (unpaired) electrons. The van der Waals surface area contributed by atoms with Gasteiger partial charge in [0.1, 0.15) is 0 Å². The maximum atomic E-state index is 12.0. The van der Waals surface area contributed by atoms with Gasteiger partial charge in [-0.2, -0.15) is 0 Å². The molecule has 0 aliphatic heterocycles. The van der Waals surface area contributed by atoms with E-state index in [9.17, 15) is 9.59 Å². The van der Waals surface area contributed by atoms with E-state index in [-0.39, 0.29) is 12.1 Å². The Hall–Kier alpha value is -1.74. The molecule has 0 aromatic rings. The van der Waals surface area contributed by atoms with E-state index in [4.69, 9.17) is 11.2 Å². The third-order valence-electron chi connectivity index (χ3n) is 2.83. The van der Waals surface area contributed by atoms with Crippen molar-refractivity contribution in [2.24, 2.45) is 5.41 Å². The summed E-state index contributed by atoms with van der Waals surface area (Å²) in [5.74, 6) is 1.80. The minimum Gasteiger partial charge on any atom is -0.427 e. The van der Waals surface area contributed by atoms with Crippen LogP contribution in [-0.4, -0.2) is 38.0 Å². The van der Waals surface area contributed by atoms with Crippen molar-refractivity contribution in [2.45, 2.75) is 39.7 Å². The third-order valence-corrected chi connectivity index (χ3v) is 2.83. The minimum atomic E-state index is -0.718. The summed E-state index contributed by atoms with van der Waals surface area (Å²) in [6, 6.07) is 0. The van der Waals surface area contributed by atoms with Crippen molar-refractivity contribution >= 4 is 12.1 Å². The van der Waals surface area contributed by atoms with E-state index in [0.717, 1.165) is 0 Å². The van der Waals surface area contributed by atoms with Crippen LogP contribution in [0.2, 0.25) is 0 Å². The average Bonchev–Trinajstić information content (AvgIpc) is 2.35. The van der Waals surface area contributed by atoms with Gasteiger partial charge in [-0.05, 0) is 41.2 Å². The molecule has 0 aromatic carbocycles. The summed E-state index contributed by atoms with van der Waals surface area (Å²) in [5, 5.41) is 5.42. The maximum absolute atomic E-state index is 12.0. The van der Waals surface area contributed by atoms with Gasteiger partial charge in [0.15, 0.2) is 0 Å². The van der Waals surface area contributed by atoms with Crippen LogP contribution < -0.4 is 10.6 Å². The molecule has 0 fully saturated rings. The molecule has 0 spiro atoms. The number of nitrogens with one attached hydrogen (secondary N) is 2. The van der Waals surface area contributed by atoms with Crippen LogP contribution in [0.1, 0.15) is 34.1 Å². The first-order valence-corrected chi connectivity index (χ1v) is 6.35. The molecule has 0 atom stereocenters. The summed E-state index contributed by atoms with van der Waals surface area (Å²) in [6.45, 7) is 7.19. The number of rotatable bonds is 7. The normalized spacial score (nSPS) is 11.4. The lowest BCUT2D eigenvalue weighted by Crippen LogP contribution is -2.43. The van der Waals surface area contributed by atoms with Gasteiger partial charge >= 0.3 is 12.1 Å². The molecule has 114 valence electrons. The van der Waals surface area contributed by atoms with Crippen molar-refractivity contribution in [3.63, 3.8) is 0 Å². The summed E-state index contributed by atoms with van der Waals surface area (Å²) in [7, 11) is 1.83. The molecule has 0 saturated heterocycles. The van der Waals surface area contributed by atoms with Crippen LogP contribution in [0.5, 0.6) is 0 Å². The third kappa shape index (κ3) is 7.00. The lowest BCUT2D eigenvalue weighted by atomic mass is 9.80. The Kier molecular flexibility index (Phi) is 7.08. The Labute approximate surface area is 120 Å². The molecule has 0 saturated carbocycles. The summed E-state index contributed by atoms with van der Waals surface area (Å²) in [6.07, 6.45) is 4.83. The van der Waals surface area contributed by atoms with Crippen molar-refractivity contribution < 1.29 is 19.1 Å². The van der Waals surface area contributed by atoms with E-state index >= 15 is 0 Å². The highest BCUT2D eigenvalue weighted by molar-refractivity contribution is 5.76. The lowest BCUT2D eigenvalue weighted by molar-refractivity contribution is -0.163. The van der Waals surface area contributed by atoms with E-state index in [2.05, 4.69) is 21.3 Å². The molecule has 2 N–H and O–H groups in total. The van der Waals surface area contributed by atoms with Gasteiger partial charge < -0.3 is 20.1 Å². The number of ether oxygens (including phenoxy) is 2. The summed E-state index contributed by atoms with van der Waals surface area (Å²) >= 11 is 0. The quantitative estimate of drug-likeness (QED) is 0.418. The minimum absolute atomic E-state index is 0.0641. The molecule has 0 bridgehead atoms. The van der Waals surface area contributed by atoms with Crippen LogP contribution in [0.4, 0.5) is 4.79 Å². The topological polar surface area (TPSA) is 76.7 Å². The fourth-order valence-corrected chi connectivity index (χ4v) is 1.77. The van der Waals surface area contributed by atoms with Gasteiger partial charge in [-0.3, -0.25) is 4.79 Å². The lowest BCUT2D eigenvalue weighted by Gasteiger charge is -2.32. The van der Waals surface area contributed by atoms with E-state index in [1.165, 1.54) is 0 Å². The predicted octanol–water partition coefficient (Wildman–Crippen LogP) is 1.26. The Morgan fingerprint density at radius 3 is 2.30 bits per heavy atom. The van der Waals surface area contributed by atoms with E-state index in [1.54, 1.807) is 13.8 Å². The number of esters is 1. The largest absolute Gasteiger partial charge is 0.427 e. The molecule has 0 aliphatic carbocycles. The van der Waals surface area contributed by atoms with Crippen molar-refractivity contribution in [3.8, 4) is 12.3 Å². The SMILES string of the molecule is C#CCNC(=O)OCOC(=O)C(C)(C)CC(C)(C)NC. The molecule has 0 aliphatic rings. The van der Waals surface area contributed by atoms with Crippen LogP contribution in [0, 0.1) is 17.8 Å². The standard InChI is InChI=1S/C14H24N2O4/c1-7-8-16-12(18)20-10-19-11(17)13(2,3)9-14(4,5)15-6/h1,15H,8-10H2,2-6H3,(H,16,18). The van der Waals surface area contributed by atoms with E-state index in [1.807, 2.05) is 20.9 Å². The zero-order valence-electron chi connectivity index (χ0n) is 12.8. The molecule has 0 aromatic heterocycles. The van der Waals surface area contributed by atoms with Gasteiger partial charge in [0.25, 0.3) is 0 Å². The van der Waals surface area contributed by atoms with E-state index < -0.39 is 24.3 Å². The molecular weight excluding hydrogens is 260 g/mol. The van der Waals surface area contributed by atoms with E-state index in [0.29, 0.717) is 6.42 Å². The number of terminal acetylenes is 1. The number of carbonyl (C=O) groups excluding carboxylic acids is 2. The highest BCUT2D eigenvalue weighted by atomic mass is 16.7. The summed E-state index contributed by atoms with van der Waals surface area (Å²) in [5.41, 5.74) is -0.890. The van der Waals surface area contributed by atoms with Crippen LogP contribution in [-0.2, 0) is 14.3 Å². The van der Waals surface area contributed by atoms with Crippen molar-refractivity contribution in [3.05, 3.63) is 0 Å². The fraction of sp³-hybridized carbons (Fsp3) is 0.714. The number of hydrogen-bond donors (Lipinski definition) is 2. The van der Waals surface area contributed by atoms with Crippen molar-refractivity contribution in [1.29, 1.82) is 0 Å². The van der Waals surface area contributed by atoms with Gasteiger partial charge in [-0.1, -0.05) is 5.92 Å². The van der Waals surface area contributed by atoms with Crippen molar-refractivity contribution in [1.82, 2.24) is 10.6 Å². The van der Waals surface area contributed by atoms with Crippen LogP contribution in [0.25, 0.3) is 0 Å². The van der Waals surface area contributed by atoms with Gasteiger partial charge in [-0.15, -0.1) is 6.42 Å². The molecule has 0 rings (SSSR count). The highest BCUT2D eigenvalue weighted by Crippen LogP contribution is 2.29. The first kappa shape index (κ1) is 18.3. The first-order valence-electron chi connectivity index (χ1n) is 6.35. The highest BCUT2D eigenvalue weighted by Gasteiger charge is 2.35. The van der Waals surface area contributed by atoms with Gasteiger partial charge in [-0.25, -0.2) is 4.79 Å². The Balaban J connectivity index is 4.20. The number of alkyl carbamates (subject to hydrolysis) is 1. The zero-order valence-corrected chi connectivity index (χ0v) is 12.8. The molecule has 1 amide bonds. The van der Waals surface area contributed by atoms with Crippen LogP contribution in [0.3, 0.4) is 0 Å². The number of hydrogen-bond acceptors (Lipinski definition) is 5. The van der Waals surface area contributed by atoms with Gasteiger partial charge in [0.2, 0.25) is 6.79 Å². The molecular formula is C14H24N2O4. The summed E-state index contributed by atoms with van der Waals surface area (Å²) < 4.78 is 9.61. The zero-order chi connectivity index (χ0) is 15.8. The predicted molar refractivity (Wildman–Crippen MR) is 75.8 cm³/mol. The van der Waals surface area contributed by atoms with Crippen LogP contribution in [0.15, 0.2) is 0 Å². The second-order valence-corrected chi connectivity index (χ2v) is 5.73.